The van der Waals surface area contributed by atoms with Gasteiger partial charge in [0.15, 0.2) is 0 Å². The Balaban J connectivity index is 2.03. The maximum absolute atomic E-state index is 12.0. The number of anilines is 1. The quantitative estimate of drug-likeness (QED) is 0.712. The number of hydrogen-bond acceptors (Lipinski definition) is 3. The van der Waals surface area contributed by atoms with Gasteiger partial charge in [-0.1, -0.05) is 19.1 Å². The van der Waals surface area contributed by atoms with Crippen molar-refractivity contribution in [2.75, 3.05) is 32.4 Å². The average Bonchev–Trinajstić information content (AvgIpc) is 2.84. The third-order valence-electron chi connectivity index (χ3n) is 3.25. The third-order valence-corrected chi connectivity index (χ3v) is 3.25. The molecular weight excluding hydrogens is 240 g/mol. The van der Waals surface area contributed by atoms with Gasteiger partial charge in [0.25, 0.3) is 5.91 Å². The van der Waals surface area contributed by atoms with Crippen LogP contribution in [-0.2, 0) is 0 Å². The number of para-hydroxylation sites is 1. The predicted octanol–water partition coefficient (Wildman–Crippen LogP) is 1.43. The molecule has 1 aromatic heterocycles. The van der Waals surface area contributed by atoms with E-state index in [0.29, 0.717) is 17.9 Å². The summed E-state index contributed by atoms with van der Waals surface area (Å²) < 4.78 is 0. The van der Waals surface area contributed by atoms with Crippen molar-refractivity contribution in [2.45, 2.75) is 6.92 Å². The van der Waals surface area contributed by atoms with Gasteiger partial charge < -0.3 is 20.9 Å². The molecule has 0 aliphatic rings. The van der Waals surface area contributed by atoms with Crippen LogP contribution < -0.4 is 11.1 Å². The highest BCUT2D eigenvalue weighted by molar-refractivity contribution is 6.00. The number of benzene rings is 1. The van der Waals surface area contributed by atoms with Gasteiger partial charge in [-0.05, 0) is 25.7 Å². The van der Waals surface area contributed by atoms with Gasteiger partial charge >= 0.3 is 0 Å². The fourth-order valence-electron chi connectivity index (χ4n) is 1.92. The van der Waals surface area contributed by atoms with Gasteiger partial charge in [-0.15, -0.1) is 0 Å². The van der Waals surface area contributed by atoms with Crippen LogP contribution in [0.15, 0.2) is 24.3 Å². The van der Waals surface area contributed by atoms with Crippen LogP contribution in [0.1, 0.15) is 17.4 Å². The summed E-state index contributed by atoms with van der Waals surface area (Å²) in [7, 11) is 2.02. The average molecular weight is 260 g/mol. The smallest absolute Gasteiger partial charge is 0.267 e. The molecule has 0 aliphatic carbocycles. The van der Waals surface area contributed by atoms with Gasteiger partial charge in [0.2, 0.25) is 0 Å². The number of aromatic amines is 1. The van der Waals surface area contributed by atoms with Crippen molar-refractivity contribution >= 4 is 22.5 Å². The minimum atomic E-state index is -0.0971. The lowest BCUT2D eigenvalue weighted by atomic mass is 10.2. The summed E-state index contributed by atoms with van der Waals surface area (Å²) in [6, 6.07) is 7.45. The fraction of sp³-hybridized carbons (Fsp3) is 0.357. The first-order valence-corrected chi connectivity index (χ1v) is 6.45. The van der Waals surface area contributed by atoms with Crippen LogP contribution in [-0.4, -0.2) is 42.5 Å². The Bertz CT molecular complexity index is 576. The number of amides is 1. The van der Waals surface area contributed by atoms with Crippen LogP contribution in [0.2, 0.25) is 0 Å². The molecule has 1 aromatic carbocycles. The van der Waals surface area contributed by atoms with Crippen LogP contribution in [0.4, 0.5) is 5.69 Å². The van der Waals surface area contributed by atoms with E-state index in [2.05, 4.69) is 22.1 Å². The lowest BCUT2D eigenvalue weighted by Gasteiger charge is -2.13. The topological polar surface area (TPSA) is 74.2 Å². The molecule has 0 fully saturated rings. The van der Waals surface area contributed by atoms with Crippen LogP contribution >= 0.6 is 0 Å². The summed E-state index contributed by atoms with van der Waals surface area (Å²) in [6.45, 7) is 4.53. The van der Waals surface area contributed by atoms with E-state index in [1.807, 2.05) is 31.3 Å². The molecule has 0 saturated carbocycles. The van der Waals surface area contributed by atoms with E-state index < -0.39 is 0 Å². The molecule has 0 radical (unpaired) electrons. The lowest BCUT2D eigenvalue weighted by molar-refractivity contribution is 0.0946. The summed E-state index contributed by atoms with van der Waals surface area (Å²) in [4.78, 5) is 17.2. The monoisotopic (exact) mass is 260 g/mol. The van der Waals surface area contributed by atoms with Gasteiger partial charge in [-0.3, -0.25) is 4.79 Å². The van der Waals surface area contributed by atoms with Gasteiger partial charge in [0.05, 0.1) is 11.2 Å². The number of fused-ring (bicyclic) bond motifs is 1. The fourth-order valence-corrected chi connectivity index (χ4v) is 1.92. The molecule has 0 spiro atoms. The van der Waals surface area contributed by atoms with E-state index in [0.717, 1.165) is 24.0 Å². The van der Waals surface area contributed by atoms with E-state index in [9.17, 15) is 4.79 Å². The molecule has 1 amide bonds. The van der Waals surface area contributed by atoms with Crippen molar-refractivity contribution in [1.82, 2.24) is 15.2 Å². The second-order valence-electron chi connectivity index (χ2n) is 4.65. The number of nitrogens with two attached hydrogens (primary N) is 1. The Morgan fingerprint density at radius 2 is 2.26 bits per heavy atom. The molecule has 5 nitrogen and oxygen atoms in total. The van der Waals surface area contributed by atoms with Crippen LogP contribution in [0.3, 0.4) is 0 Å². The summed E-state index contributed by atoms with van der Waals surface area (Å²) in [5.74, 6) is -0.0971. The third kappa shape index (κ3) is 3.06. The number of rotatable bonds is 5. The summed E-state index contributed by atoms with van der Waals surface area (Å²) in [5, 5.41) is 3.85. The van der Waals surface area contributed by atoms with Crippen molar-refractivity contribution in [3.8, 4) is 0 Å². The van der Waals surface area contributed by atoms with Gasteiger partial charge in [-0.25, -0.2) is 0 Å². The molecule has 0 bridgehead atoms. The highest BCUT2D eigenvalue weighted by Crippen LogP contribution is 2.20. The number of nitrogens with zero attached hydrogens (tertiary/aromatic N) is 1. The SMILES string of the molecule is CCN(C)CCNC(=O)c1cc2cccc(N)c2[nH]1. The van der Waals surface area contributed by atoms with E-state index in [4.69, 9.17) is 5.73 Å². The summed E-state index contributed by atoms with van der Waals surface area (Å²) in [6.07, 6.45) is 0. The first-order valence-electron chi connectivity index (χ1n) is 6.45. The van der Waals surface area contributed by atoms with Crippen molar-refractivity contribution in [1.29, 1.82) is 0 Å². The van der Waals surface area contributed by atoms with E-state index >= 15 is 0 Å². The Morgan fingerprint density at radius 3 is 2.95 bits per heavy atom. The molecule has 2 aromatic rings. The Kier molecular flexibility index (Phi) is 4.06. The zero-order valence-electron chi connectivity index (χ0n) is 11.4. The van der Waals surface area contributed by atoms with E-state index in [-0.39, 0.29) is 5.91 Å². The van der Waals surface area contributed by atoms with E-state index in [1.54, 1.807) is 0 Å². The van der Waals surface area contributed by atoms with Crippen LogP contribution in [0.25, 0.3) is 10.9 Å². The largest absolute Gasteiger partial charge is 0.397 e. The Labute approximate surface area is 112 Å². The second-order valence-corrected chi connectivity index (χ2v) is 4.65. The number of likely N-dealkylation sites (N-methyl/N-ethyl adjacent to an activating group) is 1. The second kappa shape index (κ2) is 5.75. The number of H-pyrrole nitrogens is 1. The van der Waals surface area contributed by atoms with E-state index in [1.165, 1.54) is 0 Å². The molecule has 0 saturated heterocycles. The van der Waals surface area contributed by atoms with Crippen molar-refractivity contribution in [3.05, 3.63) is 30.0 Å². The Morgan fingerprint density at radius 1 is 1.47 bits per heavy atom. The number of nitrogen functional groups attached to an aromatic ring is 1. The molecular formula is C14H20N4O. The minimum Gasteiger partial charge on any atom is -0.397 e. The van der Waals surface area contributed by atoms with Gasteiger partial charge in [0, 0.05) is 18.5 Å². The first-order chi connectivity index (χ1) is 9.11. The molecule has 0 unspecified atom stereocenters. The molecule has 102 valence electrons. The predicted molar refractivity (Wildman–Crippen MR) is 78.2 cm³/mol. The molecule has 5 heteroatoms. The lowest BCUT2D eigenvalue weighted by Crippen LogP contribution is -2.33. The number of carbonyl (C=O) groups excluding carboxylic acids is 1. The number of nitrogens with one attached hydrogen (secondary N) is 2. The number of hydrogen-bond donors (Lipinski definition) is 3. The normalized spacial score (nSPS) is 11.1. The zero-order valence-corrected chi connectivity index (χ0v) is 11.4. The maximum Gasteiger partial charge on any atom is 0.267 e. The van der Waals surface area contributed by atoms with Crippen molar-refractivity contribution < 1.29 is 4.79 Å². The van der Waals surface area contributed by atoms with Gasteiger partial charge in [-0.2, -0.15) is 0 Å². The van der Waals surface area contributed by atoms with Crippen LogP contribution in [0, 0.1) is 0 Å². The molecule has 0 aliphatic heterocycles. The highest BCUT2D eigenvalue weighted by Gasteiger charge is 2.10. The number of aromatic nitrogens is 1. The molecule has 4 N–H and O–H groups in total. The molecule has 2 rings (SSSR count). The minimum absolute atomic E-state index is 0.0971. The molecule has 1 heterocycles. The molecule has 0 atom stereocenters. The Hall–Kier alpha value is -2.01. The van der Waals surface area contributed by atoms with Crippen molar-refractivity contribution in [3.63, 3.8) is 0 Å². The van der Waals surface area contributed by atoms with Gasteiger partial charge in [0.1, 0.15) is 5.69 Å². The standard InChI is InChI=1S/C14H20N4O/c1-3-18(2)8-7-16-14(19)12-9-10-5-4-6-11(15)13(10)17-12/h4-6,9,17H,3,7-8,15H2,1-2H3,(H,16,19). The maximum atomic E-state index is 12.0. The van der Waals surface area contributed by atoms with Crippen molar-refractivity contribution in [2.24, 2.45) is 0 Å². The highest BCUT2D eigenvalue weighted by atomic mass is 16.1. The number of carbonyl (C=O) groups is 1. The zero-order chi connectivity index (χ0) is 13.8. The van der Waals surface area contributed by atoms with Crippen LogP contribution in [0.5, 0.6) is 0 Å². The summed E-state index contributed by atoms with van der Waals surface area (Å²) >= 11 is 0. The molecule has 19 heavy (non-hydrogen) atoms. The summed E-state index contributed by atoms with van der Waals surface area (Å²) in [5.41, 5.74) is 7.88. The first kappa shape index (κ1) is 13.4.